The Morgan fingerprint density at radius 2 is 1.90 bits per heavy atom. The maximum absolute atomic E-state index is 12.4. The molecule has 2 N–H and O–H groups in total. The van der Waals surface area contributed by atoms with Crippen molar-refractivity contribution in [3.05, 3.63) is 0 Å². The van der Waals surface area contributed by atoms with E-state index in [9.17, 15) is 14.4 Å². The lowest BCUT2D eigenvalue weighted by atomic mass is 9.89. The lowest BCUT2D eigenvalue weighted by Gasteiger charge is -2.24. The number of carbonyl (C=O) groups is 3. The van der Waals surface area contributed by atoms with E-state index in [1.54, 1.807) is 11.9 Å². The van der Waals surface area contributed by atoms with Gasteiger partial charge in [-0.1, -0.05) is 0 Å². The summed E-state index contributed by atoms with van der Waals surface area (Å²) in [6, 6.07) is 0. The molecule has 1 saturated heterocycles. The third-order valence-electron chi connectivity index (χ3n) is 4.69. The van der Waals surface area contributed by atoms with Gasteiger partial charge in [0.25, 0.3) is 0 Å². The Kier molecular flexibility index (Phi) is 4.01. The Morgan fingerprint density at radius 3 is 2.45 bits per heavy atom. The van der Waals surface area contributed by atoms with Crippen LogP contribution >= 0.6 is 0 Å². The summed E-state index contributed by atoms with van der Waals surface area (Å²) < 4.78 is 0. The molecular weight excluding hydrogens is 260 g/mol. The fourth-order valence-electron chi connectivity index (χ4n) is 3.32. The number of hydrogen-bond donors (Lipinski definition) is 2. The predicted molar refractivity (Wildman–Crippen MR) is 71.8 cm³/mol. The molecule has 1 aliphatic carbocycles. The second kappa shape index (κ2) is 5.42. The molecule has 1 aliphatic heterocycles. The minimum Gasteiger partial charge on any atom is -0.481 e. The van der Waals surface area contributed by atoms with Gasteiger partial charge in [-0.05, 0) is 32.6 Å². The van der Waals surface area contributed by atoms with Gasteiger partial charge in [0, 0.05) is 26.1 Å². The Balaban J connectivity index is 1.95. The van der Waals surface area contributed by atoms with Gasteiger partial charge in [0.05, 0.1) is 11.3 Å². The molecule has 20 heavy (non-hydrogen) atoms. The molecule has 2 rings (SSSR count). The molecule has 1 heterocycles. The topological polar surface area (TPSA) is 86.7 Å². The van der Waals surface area contributed by atoms with Gasteiger partial charge in [-0.15, -0.1) is 0 Å². The summed E-state index contributed by atoms with van der Waals surface area (Å²) >= 11 is 0. The number of nitrogens with zero attached hydrogens (tertiary/aromatic N) is 1. The van der Waals surface area contributed by atoms with Crippen LogP contribution in [0.5, 0.6) is 0 Å². The van der Waals surface area contributed by atoms with E-state index in [2.05, 4.69) is 5.32 Å². The van der Waals surface area contributed by atoms with Crippen LogP contribution in [0.3, 0.4) is 0 Å². The number of carboxylic acids is 1. The van der Waals surface area contributed by atoms with Crippen LogP contribution in [0.2, 0.25) is 0 Å². The van der Waals surface area contributed by atoms with Crippen LogP contribution < -0.4 is 5.32 Å². The summed E-state index contributed by atoms with van der Waals surface area (Å²) in [5.41, 5.74) is -0.519. The van der Waals surface area contributed by atoms with Crippen molar-refractivity contribution in [2.24, 2.45) is 17.3 Å². The first-order chi connectivity index (χ1) is 9.37. The zero-order chi connectivity index (χ0) is 14.9. The average molecular weight is 282 g/mol. The number of likely N-dealkylation sites (tertiary alicyclic amines) is 1. The molecule has 0 radical (unpaired) electrons. The van der Waals surface area contributed by atoms with Gasteiger partial charge in [0.15, 0.2) is 0 Å². The van der Waals surface area contributed by atoms with Crippen molar-refractivity contribution in [2.75, 3.05) is 20.1 Å². The molecule has 0 aromatic rings. The minimum atomic E-state index is -0.808. The van der Waals surface area contributed by atoms with Crippen molar-refractivity contribution < 1.29 is 19.5 Å². The number of nitrogens with one attached hydrogen (secondary N) is 1. The van der Waals surface area contributed by atoms with Crippen molar-refractivity contribution in [1.82, 2.24) is 10.2 Å². The molecule has 1 saturated carbocycles. The van der Waals surface area contributed by atoms with Crippen LogP contribution in [-0.2, 0) is 14.4 Å². The van der Waals surface area contributed by atoms with Gasteiger partial charge in [0.2, 0.25) is 11.8 Å². The average Bonchev–Trinajstić information content (AvgIpc) is 3.04. The lowest BCUT2D eigenvalue weighted by molar-refractivity contribution is -0.141. The van der Waals surface area contributed by atoms with Crippen LogP contribution in [0.1, 0.15) is 32.6 Å². The molecule has 0 aromatic heterocycles. The fourth-order valence-corrected chi connectivity index (χ4v) is 3.32. The van der Waals surface area contributed by atoms with Crippen molar-refractivity contribution in [3.63, 3.8) is 0 Å². The normalized spacial score (nSPS) is 33.2. The highest BCUT2D eigenvalue weighted by atomic mass is 16.4. The standard InChI is InChI=1S/C14H22N2O4/c1-14(13(20)15-2)5-6-16(8-14)11(17)9-3-4-10(7-9)12(18)19/h9-10H,3-8H2,1-2H3,(H,15,20)(H,18,19)/t9-,10+,14?/m1/s1. The second-order valence-corrected chi connectivity index (χ2v) is 6.19. The highest BCUT2D eigenvalue weighted by molar-refractivity contribution is 5.86. The third-order valence-corrected chi connectivity index (χ3v) is 4.69. The SMILES string of the molecule is CNC(=O)C1(C)CCN(C(=O)[C@@H]2CC[C@H](C(=O)O)C2)C1. The second-order valence-electron chi connectivity index (χ2n) is 6.19. The van der Waals surface area contributed by atoms with Gasteiger partial charge in [-0.2, -0.15) is 0 Å². The van der Waals surface area contributed by atoms with E-state index < -0.39 is 17.3 Å². The first-order valence-corrected chi connectivity index (χ1v) is 7.11. The number of amides is 2. The van der Waals surface area contributed by atoms with E-state index >= 15 is 0 Å². The van der Waals surface area contributed by atoms with Crippen molar-refractivity contribution >= 4 is 17.8 Å². The van der Waals surface area contributed by atoms with Crippen molar-refractivity contribution in [2.45, 2.75) is 32.6 Å². The van der Waals surface area contributed by atoms with Gasteiger partial charge in [0.1, 0.15) is 0 Å². The minimum absolute atomic E-state index is 0.0152. The molecular formula is C14H22N2O4. The monoisotopic (exact) mass is 282 g/mol. The zero-order valence-corrected chi connectivity index (χ0v) is 12.0. The van der Waals surface area contributed by atoms with E-state index in [0.29, 0.717) is 38.8 Å². The molecule has 6 heteroatoms. The molecule has 2 amide bonds. The highest BCUT2D eigenvalue weighted by Gasteiger charge is 2.44. The van der Waals surface area contributed by atoms with E-state index in [1.165, 1.54) is 0 Å². The number of hydrogen-bond acceptors (Lipinski definition) is 3. The summed E-state index contributed by atoms with van der Waals surface area (Å²) in [5, 5.41) is 11.6. The first-order valence-electron chi connectivity index (χ1n) is 7.11. The molecule has 3 atom stereocenters. The molecule has 0 spiro atoms. The number of aliphatic carboxylic acids is 1. The van der Waals surface area contributed by atoms with Crippen LogP contribution in [-0.4, -0.2) is 47.9 Å². The molecule has 0 aromatic carbocycles. The number of carboxylic acid groups (broad SMARTS) is 1. The molecule has 1 unspecified atom stereocenters. The summed E-state index contributed by atoms with van der Waals surface area (Å²) in [6.45, 7) is 2.88. The maximum Gasteiger partial charge on any atom is 0.306 e. The molecule has 6 nitrogen and oxygen atoms in total. The maximum atomic E-state index is 12.4. The van der Waals surface area contributed by atoms with Crippen molar-refractivity contribution in [3.8, 4) is 0 Å². The Hall–Kier alpha value is -1.59. The number of carbonyl (C=O) groups excluding carboxylic acids is 2. The Morgan fingerprint density at radius 1 is 1.25 bits per heavy atom. The van der Waals surface area contributed by atoms with Gasteiger partial charge < -0.3 is 15.3 Å². The van der Waals surface area contributed by atoms with Crippen molar-refractivity contribution in [1.29, 1.82) is 0 Å². The first kappa shape index (κ1) is 14.8. The van der Waals surface area contributed by atoms with E-state index in [4.69, 9.17) is 5.11 Å². The molecule has 0 bridgehead atoms. The quantitative estimate of drug-likeness (QED) is 0.788. The molecule has 2 aliphatic rings. The van der Waals surface area contributed by atoms with Gasteiger partial charge >= 0.3 is 5.97 Å². The van der Waals surface area contributed by atoms with E-state index in [0.717, 1.165) is 0 Å². The molecule has 112 valence electrons. The summed E-state index contributed by atoms with van der Waals surface area (Å²) in [6.07, 6.45) is 2.31. The van der Waals surface area contributed by atoms with Crippen LogP contribution in [0.15, 0.2) is 0 Å². The smallest absolute Gasteiger partial charge is 0.306 e. The third kappa shape index (κ3) is 2.64. The lowest BCUT2D eigenvalue weighted by Crippen LogP contribution is -2.41. The summed E-state index contributed by atoms with van der Waals surface area (Å²) in [5.74, 6) is -1.42. The Labute approximate surface area is 118 Å². The number of rotatable bonds is 3. The van der Waals surface area contributed by atoms with Crippen LogP contribution in [0.4, 0.5) is 0 Å². The van der Waals surface area contributed by atoms with Crippen LogP contribution in [0, 0.1) is 17.3 Å². The predicted octanol–water partition coefficient (Wildman–Crippen LogP) is 0.472. The largest absolute Gasteiger partial charge is 0.481 e. The van der Waals surface area contributed by atoms with Gasteiger partial charge in [-0.3, -0.25) is 14.4 Å². The van der Waals surface area contributed by atoms with Crippen LogP contribution in [0.25, 0.3) is 0 Å². The fraction of sp³-hybridized carbons (Fsp3) is 0.786. The highest BCUT2D eigenvalue weighted by Crippen LogP contribution is 2.36. The Bertz CT molecular complexity index is 437. The van der Waals surface area contributed by atoms with E-state index in [1.807, 2.05) is 6.92 Å². The zero-order valence-electron chi connectivity index (χ0n) is 12.0. The van der Waals surface area contributed by atoms with Gasteiger partial charge in [-0.25, -0.2) is 0 Å². The van der Waals surface area contributed by atoms with E-state index in [-0.39, 0.29) is 17.7 Å². The summed E-state index contributed by atoms with van der Waals surface area (Å²) in [4.78, 5) is 36.9. The summed E-state index contributed by atoms with van der Waals surface area (Å²) in [7, 11) is 1.60. The molecule has 2 fully saturated rings.